The van der Waals surface area contributed by atoms with Gasteiger partial charge in [0.2, 0.25) is 5.91 Å². The van der Waals surface area contributed by atoms with Crippen molar-refractivity contribution >= 4 is 11.6 Å². The first-order chi connectivity index (χ1) is 10.1. The van der Waals surface area contributed by atoms with Gasteiger partial charge in [-0.1, -0.05) is 6.92 Å². The topological polar surface area (TPSA) is 59.6 Å². The van der Waals surface area contributed by atoms with Crippen LogP contribution in [0.4, 0.5) is 5.69 Å². The quantitative estimate of drug-likeness (QED) is 0.757. The van der Waals surface area contributed by atoms with E-state index < -0.39 is 0 Å². The van der Waals surface area contributed by atoms with Crippen molar-refractivity contribution in [2.45, 2.75) is 39.7 Å². The highest BCUT2D eigenvalue weighted by Gasteiger charge is 2.22. The summed E-state index contributed by atoms with van der Waals surface area (Å²) in [6, 6.07) is 3.84. The van der Waals surface area contributed by atoms with Gasteiger partial charge in [0.15, 0.2) is 0 Å². The number of hydrogen-bond donors (Lipinski definition) is 2. The molecular weight excluding hydrogens is 268 g/mol. The van der Waals surface area contributed by atoms with Crippen molar-refractivity contribution in [1.29, 1.82) is 0 Å². The molecule has 0 spiro atoms. The van der Waals surface area contributed by atoms with Crippen molar-refractivity contribution in [2.24, 2.45) is 0 Å². The lowest BCUT2D eigenvalue weighted by Crippen LogP contribution is -2.21. The smallest absolute Gasteiger partial charge is 0.225 e. The third-order valence-corrected chi connectivity index (χ3v) is 3.35. The molecule has 1 aliphatic rings. The first-order valence-electron chi connectivity index (χ1n) is 7.61. The number of hydrogen-bond acceptors (Lipinski definition) is 4. The average Bonchev–Trinajstić information content (AvgIpc) is 2.79. The standard InChI is InChI=1S/C16H24N2O3/c1-4-17-7-6-16(19)18-13-10-14-12(8-11(3)21-14)9-15(13)20-5-2/h9-11,17H,4-8H2,1-3H3,(H,18,19). The van der Waals surface area contributed by atoms with Gasteiger partial charge in [-0.25, -0.2) is 0 Å². The van der Waals surface area contributed by atoms with Crippen LogP contribution in [0.2, 0.25) is 0 Å². The number of rotatable bonds is 7. The molecule has 1 heterocycles. The van der Waals surface area contributed by atoms with Gasteiger partial charge in [0.05, 0.1) is 12.3 Å². The van der Waals surface area contributed by atoms with Crippen LogP contribution in [0, 0.1) is 0 Å². The monoisotopic (exact) mass is 292 g/mol. The van der Waals surface area contributed by atoms with Crippen LogP contribution in [0.3, 0.4) is 0 Å². The SMILES string of the molecule is CCNCCC(=O)Nc1cc2c(cc1OCC)CC(C)O2. The highest BCUT2D eigenvalue weighted by Crippen LogP contribution is 2.38. The summed E-state index contributed by atoms with van der Waals surface area (Å²) in [4.78, 5) is 12.0. The Morgan fingerprint density at radius 1 is 1.43 bits per heavy atom. The molecule has 2 rings (SSSR count). The molecule has 5 nitrogen and oxygen atoms in total. The molecule has 0 radical (unpaired) electrons. The van der Waals surface area contributed by atoms with Crippen molar-refractivity contribution in [2.75, 3.05) is 25.0 Å². The van der Waals surface area contributed by atoms with E-state index in [4.69, 9.17) is 9.47 Å². The van der Waals surface area contributed by atoms with E-state index in [1.54, 1.807) is 0 Å². The molecule has 2 N–H and O–H groups in total. The van der Waals surface area contributed by atoms with Crippen molar-refractivity contribution < 1.29 is 14.3 Å². The maximum Gasteiger partial charge on any atom is 0.225 e. The van der Waals surface area contributed by atoms with Crippen LogP contribution in [-0.4, -0.2) is 31.7 Å². The van der Waals surface area contributed by atoms with E-state index in [1.807, 2.05) is 32.9 Å². The van der Waals surface area contributed by atoms with Crippen LogP contribution in [0.25, 0.3) is 0 Å². The van der Waals surface area contributed by atoms with Gasteiger partial charge >= 0.3 is 0 Å². The first kappa shape index (κ1) is 15.6. The Bertz CT molecular complexity index is 503. The van der Waals surface area contributed by atoms with Crippen molar-refractivity contribution in [1.82, 2.24) is 5.32 Å². The second-order valence-electron chi connectivity index (χ2n) is 5.17. The highest BCUT2D eigenvalue weighted by atomic mass is 16.5. The maximum absolute atomic E-state index is 12.0. The zero-order valence-electron chi connectivity index (χ0n) is 13.0. The molecule has 5 heteroatoms. The molecule has 0 aliphatic carbocycles. The van der Waals surface area contributed by atoms with Gasteiger partial charge in [0, 0.05) is 31.0 Å². The van der Waals surface area contributed by atoms with Crippen LogP contribution < -0.4 is 20.1 Å². The molecule has 0 saturated heterocycles. The summed E-state index contributed by atoms with van der Waals surface area (Å²) in [6.07, 6.45) is 1.49. The number of fused-ring (bicyclic) bond motifs is 1. The summed E-state index contributed by atoms with van der Waals surface area (Å²) in [6.45, 7) is 8.09. The van der Waals surface area contributed by atoms with E-state index in [9.17, 15) is 4.79 Å². The molecule has 0 bridgehead atoms. The second kappa shape index (κ2) is 7.31. The molecule has 21 heavy (non-hydrogen) atoms. The van der Waals surface area contributed by atoms with Gasteiger partial charge in [-0.3, -0.25) is 4.79 Å². The summed E-state index contributed by atoms with van der Waals surface area (Å²) in [7, 11) is 0. The van der Waals surface area contributed by atoms with Gasteiger partial charge in [0.1, 0.15) is 17.6 Å². The molecule has 1 aromatic carbocycles. The Morgan fingerprint density at radius 2 is 2.24 bits per heavy atom. The minimum atomic E-state index is -0.0251. The van der Waals surface area contributed by atoms with Gasteiger partial charge in [-0.05, 0) is 26.5 Å². The van der Waals surface area contributed by atoms with Crippen molar-refractivity contribution in [3.8, 4) is 11.5 Å². The van der Waals surface area contributed by atoms with Crippen LogP contribution in [-0.2, 0) is 11.2 Å². The molecule has 116 valence electrons. The maximum atomic E-state index is 12.0. The van der Waals surface area contributed by atoms with Crippen LogP contribution >= 0.6 is 0 Å². The zero-order valence-corrected chi connectivity index (χ0v) is 13.0. The van der Waals surface area contributed by atoms with Gasteiger partial charge in [0.25, 0.3) is 0 Å². The largest absolute Gasteiger partial charge is 0.492 e. The summed E-state index contributed by atoms with van der Waals surface area (Å²) < 4.78 is 11.4. The minimum Gasteiger partial charge on any atom is -0.492 e. The fourth-order valence-corrected chi connectivity index (χ4v) is 2.40. The summed E-state index contributed by atoms with van der Waals surface area (Å²) >= 11 is 0. The minimum absolute atomic E-state index is 0.0251. The van der Waals surface area contributed by atoms with Crippen molar-refractivity contribution in [3.05, 3.63) is 17.7 Å². The molecule has 1 amide bonds. The summed E-state index contributed by atoms with van der Waals surface area (Å²) in [5, 5.41) is 6.05. The average molecular weight is 292 g/mol. The van der Waals surface area contributed by atoms with Gasteiger partial charge in [-0.2, -0.15) is 0 Å². The Hall–Kier alpha value is -1.75. The predicted octanol–water partition coefficient (Wildman–Crippen LogP) is 2.35. The van der Waals surface area contributed by atoms with E-state index in [0.717, 1.165) is 24.3 Å². The Labute approximate surface area is 126 Å². The molecule has 1 unspecified atom stereocenters. The van der Waals surface area contributed by atoms with Gasteiger partial charge in [-0.15, -0.1) is 0 Å². The lowest BCUT2D eigenvalue weighted by atomic mass is 10.1. The van der Waals surface area contributed by atoms with E-state index in [0.29, 0.717) is 31.0 Å². The first-order valence-corrected chi connectivity index (χ1v) is 7.61. The number of benzene rings is 1. The Kier molecular flexibility index (Phi) is 5.44. The van der Waals surface area contributed by atoms with E-state index in [2.05, 4.69) is 10.6 Å². The van der Waals surface area contributed by atoms with Crippen LogP contribution in [0.1, 0.15) is 32.8 Å². The number of carbonyl (C=O) groups is 1. The number of carbonyl (C=O) groups excluding carboxylic acids is 1. The summed E-state index contributed by atoms with van der Waals surface area (Å²) in [5.74, 6) is 1.53. The van der Waals surface area contributed by atoms with Crippen LogP contribution in [0.5, 0.6) is 11.5 Å². The predicted molar refractivity (Wildman–Crippen MR) is 83.2 cm³/mol. The molecule has 1 aromatic rings. The normalized spacial score (nSPS) is 16.2. The lowest BCUT2D eigenvalue weighted by Gasteiger charge is -2.13. The number of nitrogens with one attached hydrogen (secondary N) is 2. The molecular formula is C16H24N2O3. The number of anilines is 1. The van der Waals surface area contributed by atoms with E-state index >= 15 is 0 Å². The number of amides is 1. The lowest BCUT2D eigenvalue weighted by molar-refractivity contribution is -0.116. The molecule has 0 fully saturated rings. The molecule has 0 aromatic heterocycles. The fourth-order valence-electron chi connectivity index (χ4n) is 2.40. The third kappa shape index (κ3) is 4.11. The molecule has 0 saturated carbocycles. The third-order valence-electron chi connectivity index (χ3n) is 3.35. The zero-order chi connectivity index (χ0) is 15.2. The fraction of sp³-hybridized carbons (Fsp3) is 0.562. The molecule has 1 aliphatic heterocycles. The second-order valence-corrected chi connectivity index (χ2v) is 5.17. The van der Waals surface area contributed by atoms with E-state index in [-0.39, 0.29) is 12.0 Å². The summed E-state index contributed by atoms with van der Waals surface area (Å²) in [5.41, 5.74) is 1.82. The Balaban J connectivity index is 2.10. The highest BCUT2D eigenvalue weighted by molar-refractivity contribution is 5.92. The molecule has 1 atom stereocenters. The number of ether oxygens (including phenoxy) is 2. The Morgan fingerprint density at radius 3 is 2.95 bits per heavy atom. The van der Waals surface area contributed by atoms with Crippen molar-refractivity contribution in [3.63, 3.8) is 0 Å². The van der Waals surface area contributed by atoms with Crippen LogP contribution in [0.15, 0.2) is 12.1 Å². The van der Waals surface area contributed by atoms with E-state index in [1.165, 1.54) is 0 Å². The van der Waals surface area contributed by atoms with Gasteiger partial charge < -0.3 is 20.1 Å².